The molecule has 0 fully saturated rings. The zero-order valence-electron chi connectivity index (χ0n) is 13.5. The summed E-state index contributed by atoms with van der Waals surface area (Å²) in [5, 5.41) is 9.29. The Bertz CT molecular complexity index is 662. The van der Waals surface area contributed by atoms with E-state index >= 15 is 0 Å². The molecule has 2 rings (SSSR count). The predicted molar refractivity (Wildman–Crippen MR) is 95.6 cm³/mol. The van der Waals surface area contributed by atoms with Crippen molar-refractivity contribution in [1.82, 2.24) is 0 Å². The summed E-state index contributed by atoms with van der Waals surface area (Å²) >= 11 is 0. The van der Waals surface area contributed by atoms with Crippen LogP contribution in [0.1, 0.15) is 13.3 Å². The molecule has 1 amide bonds. The van der Waals surface area contributed by atoms with Crippen molar-refractivity contribution in [2.24, 2.45) is 0 Å². The Morgan fingerprint density at radius 2 is 1.83 bits per heavy atom. The van der Waals surface area contributed by atoms with Crippen LogP contribution in [0.2, 0.25) is 0 Å². The van der Waals surface area contributed by atoms with E-state index in [0.29, 0.717) is 31.6 Å². The maximum atomic E-state index is 10.9. The molecule has 0 heterocycles. The van der Waals surface area contributed by atoms with Crippen LogP contribution in [0.25, 0.3) is 0 Å². The molecule has 3 N–H and O–H groups in total. The molecule has 1 atom stereocenters. The molecule has 0 aliphatic carbocycles. The van der Waals surface area contributed by atoms with E-state index < -0.39 is 0 Å². The van der Waals surface area contributed by atoms with Gasteiger partial charge >= 0.3 is 0 Å². The first-order chi connectivity index (χ1) is 11.7. The van der Waals surface area contributed by atoms with E-state index in [-0.39, 0.29) is 6.04 Å². The number of carbonyl (C=O) groups is 2. The number of rotatable bonds is 10. The van der Waals surface area contributed by atoms with Crippen molar-refractivity contribution in [3.05, 3.63) is 48.5 Å². The average Bonchev–Trinajstić information content (AvgIpc) is 2.59. The van der Waals surface area contributed by atoms with Gasteiger partial charge in [-0.15, -0.1) is 0 Å². The number of ether oxygens (including phenoxy) is 1. The molecule has 1 unspecified atom stereocenters. The van der Waals surface area contributed by atoms with Crippen LogP contribution in [0.4, 0.5) is 22.7 Å². The Kier molecular flexibility index (Phi) is 6.64. The molecule has 24 heavy (non-hydrogen) atoms. The summed E-state index contributed by atoms with van der Waals surface area (Å²) in [5.41, 5.74) is 3.32. The third-order valence-corrected chi connectivity index (χ3v) is 3.44. The van der Waals surface area contributed by atoms with Crippen molar-refractivity contribution in [2.75, 3.05) is 22.6 Å². The van der Waals surface area contributed by atoms with Crippen LogP contribution >= 0.6 is 0 Å². The topological polar surface area (TPSA) is 79.5 Å². The number of hydrogen-bond donors (Lipinski definition) is 3. The highest BCUT2D eigenvalue weighted by molar-refractivity contribution is 5.84. The fourth-order valence-corrected chi connectivity index (χ4v) is 2.25. The van der Waals surface area contributed by atoms with Crippen LogP contribution in [-0.4, -0.2) is 25.5 Å². The summed E-state index contributed by atoms with van der Waals surface area (Å²) in [7, 11) is 0. The molecule has 0 aromatic heterocycles. The van der Waals surface area contributed by atoms with Crippen molar-refractivity contribution in [3.8, 4) is 0 Å². The Hall–Kier alpha value is -3.02. The maximum absolute atomic E-state index is 10.9. The van der Waals surface area contributed by atoms with Gasteiger partial charge in [0, 0.05) is 23.8 Å². The molecule has 0 saturated heterocycles. The number of amides is 1. The van der Waals surface area contributed by atoms with E-state index in [4.69, 9.17) is 4.74 Å². The second-order valence-corrected chi connectivity index (χ2v) is 5.31. The summed E-state index contributed by atoms with van der Waals surface area (Å²) in [5.74, 6) is 0. The van der Waals surface area contributed by atoms with Gasteiger partial charge in [-0.1, -0.05) is 18.2 Å². The van der Waals surface area contributed by atoms with E-state index in [1.807, 2.05) is 55.5 Å². The molecule has 6 heteroatoms. The van der Waals surface area contributed by atoms with E-state index in [2.05, 4.69) is 16.0 Å². The number of benzene rings is 2. The maximum Gasteiger partial charge on any atom is 0.293 e. The summed E-state index contributed by atoms with van der Waals surface area (Å²) in [6, 6.07) is 15.6. The first kappa shape index (κ1) is 17.3. The van der Waals surface area contributed by atoms with Crippen LogP contribution in [0.3, 0.4) is 0 Å². The largest absolute Gasteiger partial charge is 0.468 e. The van der Waals surface area contributed by atoms with Crippen molar-refractivity contribution < 1.29 is 14.3 Å². The normalized spacial score (nSPS) is 11.2. The molecule has 0 radical (unpaired) electrons. The highest BCUT2D eigenvalue weighted by Gasteiger charge is 2.08. The Morgan fingerprint density at radius 1 is 1.04 bits per heavy atom. The van der Waals surface area contributed by atoms with Gasteiger partial charge in [0.1, 0.15) is 0 Å². The lowest BCUT2D eigenvalue weighted by atomic mass is 10.2. The van der Waals surface area contributed by atoms with Crippen molar-refractivity contribution >= 4 is 35.6 Å². The van der Waals surface area contributed by atoms with Gasteiger partial charge in [-0.3, -0.25) is 9.59 Å². The van der Waals surface area contributed by atoms with E-state index in [1.165, 1.54) is 0 Å². The highest BCUT2D eigenvalue weighted by Crippen LogP contribution is 2.28. The Morgan fingerprint density at radius 3 is 2.54 bits per heavy atom. The van der Waals surface area contributed by atoms with E-state index in [0.717, 1.165) is 17.1 Å². The minimum atomic E-state index is 0.0880. The first-order valence-corrected chi connectivity index (χ1v) is 7.71. The van der Waals surface area contributed by atoms with Gasteiger partial charge in [-0.25, -0.2) is 0 Å². The standard InChI is InChI=1S/C18H21N3O3/c1-14(9-10-24-13-23)20-17-8-7-16(11-18(17)19-12-22)21-15-5-3-2-4-6-15/h2-8,11-14,20-21H,9-10H2,1H3,(H,19,22). The van der Waals surface area contributed by atoms with Gasteiger partial charge < -0.3 is 20.7 Å². The summed E-state index contributed by atoms with van der Waals surface area (Å²) < 4.78 is 4.70. The smallest absolute Gasteiger partial charge is 0.293 e. The lowest BCUT2D eigenvalue weighted by Gasteiger charge is -2.18. The molecule has 0 aliphatic heterocycles. The van der Waals surface area contributed by atoms with Crippen LogP contribution in [-0.2, 0) is 14.3 Å². The first-order valence-electron chi connectivity index (χ1n) is 7.71. The summed E-state index contributed by atoms with van der Waals surface area (Å²) in [6.07, 6.45) is 1.32. The number of para-hydroxylation sites is 1. The zero-order chi connectivity index (χ0) is 17.2. The highest BCUT2D eigenvalue weighted by atomic mass is 16.5. The van der Waals surface area contributed by atoms with Crippen LogP contribution in [0.15, 0.2) is 48.5 Å². The molecule has 0 bridgehead atoms. The predicted octanol–water partition coefficient (Wildman–Crippen LogP) is 3.36. The lowest BCUT2D eigenvalue weighted by molar-refractivity contribution is -0.128. The van der Waals surface area contributed by atoms with Gasteiger partial charge in [-0.05, 0) is 37.3 Å². The van der Waals surface area contributed by atoms with Crippen LogP contribution < -0.4 is 16.0 Å². The van der Waals surface area contributed by atoms with Gasteiger partial charge in [0.2, 0.25) is 6.41 Å². The average molecular weight is 327 g/mol. The number of anilines is 4. The molecule has 0 saturated carbocycles. The third kappa shape index (κ3) is 5.31. The summed E-state index contributed by atoms with van der Waals surface area (Å²) in [4.78, 5) is 21.0. The van der Waals surface area contributed by atoms with Gasteiger partial charge in [0.15, 0.2) is 0 Å². The van der Waals surface area contributed by atoms with Crippen molar-refractivity contribution in [1.29, 1.82) is 0 Å². The van der Waals surface area contributed by atoms with Gasteiger partial charge in [-0.2, -0.15) is 0 Å². The van der Waals surface area contributed by atoms with Gasteiger partial charge in [0.25, 0.3) is 6.47 Å². The molecule has 6 nitrogen and oxygen atoms in total. The minimum absolute atomic E-state index is 0.0880. The second kappa shape index (κ2) is 9.19. The van der Waals surface area contributed by atoms with Crippen LogP contribution in [0.5, 0.6) is 0 Å². The fourth-order valence-electron chi connectivity index (χ4n) is 2.25. The number of nitrogens with one attached hydrogen (secondary N) is 3. The molecule has 0 aliphatic rings. The van der Waals surface area contributed by atoms with Crippen molar-refractivity contribution in [2.45, 2.75) is 19.4 Å². The lowest BCUT2D eigenvalue weighted by Crippen LogP contribution is -2.18. The monoisotopic (exact) mass is 327 g/mol. The molecule has 2 aromatic rings. The Balaban J connectivity index is 2.08. The molecular formula is C18H21N3O3. The fraction of sp³-hybridized carbons (Fsp3) is 0.222. The molecule has 2 aromatic carbocycles. The van der Waals surface area contributed by atoms with Gasteiger partial charge in [0.05, 0.1) is 18.0 Å². The van der Waals surface area contributed by atoms with Crippen LogP contribution in [0, 0.1) is 0 Å². The molecule has 126 valence electrons. The second-order valence-electron chi connectivity index (χ2n) is 5.31. The summed E-state index contributed by atoms with van der Waals surface area (Å²) in [6.45, 7) is 2.77. The molecule has 0 spiro atoms. The minimum Gasteiger partial charge on any atom is -0.468 e. The third-order valence-electron chi connectivity index (χ3n) is 3.44. The zero-order valence-corrected chi connectivity index (χ0v) is 13.5. The van der Waals surface area contributed by atoms with Crippen molar-refractivity contribution in [3.63, 3.8) is 0 Å². The number of hydrogen-bond acceptors (Lipinski definition) is 5. The number of carbonyl (C=O) groups excluding carboxylic acids is 2. The molecular weight excluding hydrogens is 306 g/mol. The SMILES string of the molecule is CC(CCOC=O)Nc1ccc(Nc2ccccc2)cc1NC=O. The van der Waals surface area contributed by atoms with E-state index in [9.17, 15) is 9.59 Å². The Labute approximate surface area is 141 Å². The van der Waals surface area contributed by atoms with E-state index in [1.54, 1.807) is 0 Å². The quantitative estimate of drug-likeness (QED) is 0.460.